The van der Waals surface area contributed by atoms with Crippen molar-refractivity contribution in [1.82, 2.24) is 5.16 Å². The van der Waals surface area contributed by atoms with Crippen LogP contribution in [0.4, 0.5) is 14.9 Å². The number of hydrogen-bond acceptors (Lipinski definition) is 5. The van der Waals surface area contributed by atoms with E-state index < -0.39 is 24.0 Å². The van der Waals surface area contributed by atoms with E-state index in [9.17, 15) is 14.0 Å². The molecule has 7 nitrogen and oxygen atoms in total. The minimum atomic E-state index is -0.875. The van der Waals surface area contributed by atoms with E-state index >= 15 is 0 Å². The SMILES string of the molecule is Cc1onc(-c2ccc(-c3ccc(CC(=O)O)cc3)cc2)c1NC(=O)O[C@@H](C)c1ccccc1F. The molecule has 35 heavy (non-hydrogen) atoms. The van der Waals surface area contributed by atoms with Crippen molar-refractivity contribution in [3.63, 3.8) is 0 Å². The van der Waals surface area contributed by atoms with Crippen LogP contribution in [-0.4, -0.2) is 22.3 Å². The summed E-state index contributed by atoms with van der Waals surface area (Å²) in [5.74, 6) is -0.931. The summed E-state index contributed by atoms with van der Waals surface area (Å²) >= 11 is 0. The normalized spacial score (nSPS) is 11.6. The maximum absolute atomic E-state index is 14.0. The molecular weight excluding hydrogens is 451 g/mol. The van der Waals surface area contributed by atoms with Crippen LogP contribution in [0.3, 0.4) is 0 Å². The van der Waals surface area contributed by atoms with Gasteiger partial charge in [0.2, 0.25) is 0 Å². The molecule has 1 amide bonds. The fourth-order valence-electron chi connectivity index (χ4n) is 3.69. The van der Waals surface area contributed by atoms with Gasteiger partial charge in [0, 0.05) is 11.1 Å². The highest BCUT2D eigenvalue weighted by Gasteiger charge is 2.20. The summed E-state index contributed by atoms with van der Waals surface area (Å²) in [7, 11) is 0. The summed E-state index contributed by atoms with van der Waals surface area (Å²) in [6.07, 6.45) is -1.57. The highest BCUT2D eigenvalue weighted by molar-refractivity contribution is 5.91. The van der Waals surface area contributed by atoms with Crippen molar-refractivity contribution in [2.45, 2.75) is 26.4 Å². The Morgan fingerprint density at radius 1 is 1.00 bits per heavy atom. The summed E-state index contributed by atoms with van der Waals surface area (Å²) in [6, 6.07) is 20.9. The average molecular weight is 474 g/mol. The maximum atomic E-state index is 14.0. The molecule has 1 atom stereocenters. The van der Waals surface area contributed by atoms with Gasteiger partial charge in [-0.2, -0.15) is 0 Å². The van der Waals surface area contributed by atoms with Crippen molar-refractivity contribution >= 4 is 17.7 Å². The monoisotopic (exact) mass is 474 g/mol. The van der Waals surface area contributed by atoms with Crippen molar-refractivity contribution in [2.24, 2.45) is 0 Å². The minimum absolute atomic E-state index is 0.0258. The number of hydrogen-bond donors (Lipinski definition) is 2. The predicted molar refractivity (Wildman–Crippen MR) is 128 cm³/mol. The van der Waals surface area contributed by atoms with Crippen LogP contribution < -0.4 is 5.32 Å². The van der Waals surface area contributed by atoms with Gasteiger partial charge < -0.3 is 14.4 Å². The molecule has 0 aliphatic heterocycles. The number of carboxylic acids is 1. The standard InChI is InChI=1S/C27H23FN2O5/c1-16(22-5-3-4-6-23(22)28)34-27(33)29-25-17(2)35-30-26(25)21-13-11-20(12-14-21)19-9-7-18(8-10-19)15-24(31)32/h3-14,16H,15H2,1-2H3,(H,29,33)(H,31,32)/t16-/m0/s1. The van der Waals surface area contributed by atoms with Gasteiger partial charge >= 0.3 is 12.1 Å². The predicted octanol–water partition coefficient (Wildman–Crippen LogP) is 6.39. The van der Waals surface area contributed by atoms with Gasteiger partial charge in [0.25, 0.3) is 0 Å². The smallest absolute Gasteiger partial charge is 0.412 e. The lowest BCUT2D eigenvalue weighted by Gasteiger charge is -2.15. The zero-order valence-electron chi connectivity index (χ0n) is 19.1. The number of carbonyl (C=O) groups excluding carboxylic acids is 1. The fraction of sp³-hybridized carbons (Fsp3) is 0.148. The molecule has 8 heteroatoms. The highest BCUT2D eigenvalue weighted by atomic mass is 19.1. The number of nitrogens with one attached hydrogen (secondary N) is 1. The lowest BCUT2D eigenvalue weighted by molar-refractivity contribution is -0.136. The lowest BCUT2D eigenvalue weighted by atomic mass is 10.0. The van der Waals surface area contributed by atoms with Crippen LogP contribution >= 0.6 is 0 Å². The first-order valence-corrected chi connectivity index (χ1v) is 10.9. The van der Waals surface area contributed by atoms with E-state index in [1.54, 1.807) is 44.2 Å². The van der Waals surface area contributed by atoms with Crippen molar-refractivity contribution in [2.75, 3.05) is 5.32 Å². The summed E-state index contributed by atoms with van der Waals surface area (Å²) in [4.78, 5) is 23.4. The van der Waals surface area contributed by atoms with Gasteiger partial charge in [0.05, 0.1) is 6.42 Å². The van der Waals surface area contributed by atoms with Crippen LogP contribution in [0.2, 0.25) is 0 Å². The third-order valence-corrected chi connectivity index (χ3v) is 5.52. The van der Waals surface area contributed by atoms with Gasteiger partial charge in [-0.3, -0.25) is 10.1 Å². The number of anilines is 1. The Morgan fingerprint density at radius 2 is 1.60 bits per heavy atom. The number of amides is 1. The number of rotatable bonds is 7. The Bertz CT molecular complexity index is 1350. The van der Waals surface area contributed by atoms with Gasteiger partial charge in [-0.25, -0.2) is 9.18 Å². The van der Waals surface area contributed by atoms with E-state index in [2.05, 4.69) is 10.5 Å². The Balaban J connectivity index is 1.48. The molecule has 0 saturated carbocycles. The third-order valence-electron chi connectivity index (χ3n) is 5.52. The maximum Gasteiger partial charge on any atom is 0.412 e. The van der Waals surface area contributed by atoms with E-state index in [0.29, 0.717) is 22.7 Å². The molecule has 4 rings (SSSR count). The lowest BCUT2D eigenvalue weighted by Crippen LogP contribution is -2.17. The number of carbonyl (C=O) groups is 2. The molecule has 3 aromatic carbocycles. The molecule has 0 unspecified atom stereocenters. The van der Waals surface area contributed by atoms with Crippen molar-refractivity contribution < 1.29 is 28.3 Å². The second kappa shape index (κ2) is 10.2. The summed E-state index contributed by atoms with van der Waals surface area (Å²) < 4.78 is 24.6. The first kappa shape index (κ1) is 23.7. The second-order valence-corrected chi connectivity index (χ2v) is 8.00. The molecule has 1 heterocycles. The second-order valence-electron chi connectivity index (χ2n) is 8.00. The molecule has 4 aromatic rings. The summed E-state index contributed by atoms with van der Waals surface area (Å²) in [5, 5.41) is 15.6. The quantitative estimate of drug-likeness (QED) is 0.322. The van der Waals surface area contributed by atoms with Crippen LogP contribution in [0, 0.1) is 12.7 Å². The van der Waals surface area contributed by atoms with Gasteiger partial charge in [-0.1, -0.05) is 71.9 Å². The van der Waals surface area contributed by atoms with Crippen LogP contribution in [0.1, 0.15) is 29.9 Å². The van der Waals surface area contributed by atoms with Crippen LogP contribution in [0.25, 0.3) is 22.4 Å². The van der Waals surface area contributed by atoms with Crippen LogP contribution in [0.15, 0.2) is 77.3 Å². The van der Waals surface area contributed by atoms with Gasteiger partial charge in [-0.15, -0.1) is 0 Å². The molecule has 2 N–H and O–H groups in total. The highest BCUT2D eigenvalue weighted by Crippen LogP contribution is 2.32. The molecule has 0 radical (unpaired) electrons. The zero-order chi connectivity index (χ0) is 24.9. The summed E-state index contributed by atoms with van der Waals surface area (Å²) in [5.41, 5.74) is 4.38. The number of aryl methyl sites for hydroxylation is 1. The molecule has 178 valence electrons. The molecule has 0 spiro atoms. The number of nitrogens with zero attached hydrogens (tertiary/aromatic N) is 1. The van der Waals surface area contributed by atoms with E-state index in [1.807, 2.05) is 36.4 Å². The van der Waals surface area contributed by atoms with E-state index in [4.69, 9.17) is 14.4 Å². The number of ether oxygens (including phenoxy) is 1. The Hall–Kier alpha value is -4.46. The van der Waals surface area contributed by atoms with Crippen LogP contribution in [-0.2, 0) is 16.0 Å². The van der Waals surface area contributed by atoms with E-state index in [1.165, 1.54) is 6.07 Å². The van der Waals surface area contributed by atoms with Crippen molar-refractivity contribution in [3.8, 4) is 22.4 Å². The number of aromatic nitrogens is 1. The van der Waals surface area contributed by atoms with Crippen LogP contribution in [0.5, 0.6) is 0 Å². The minimum Gasteiger partial charge on any atom is -0.481 e. The average Bonchev–Trinajstić information content (AvgIpc) is 3.19. The molecule has 0 aliphatic rings. The Kier molecular flexibility index (Phi) is 6.91. The third kappa shape index (κ3) is 5.55. The first-order valence-electron chi connectivity index (χ1n) is 10.9. The number of halogens is 1. The summed E-state index contributed by atoms with van der Waals surface area (Å²) in [6.45, 7) is 3.26. The van der Waals surface area contributed by atoms with Crippen molar-refractivity contribution in [3.05, 3.63) is 95.5 Å². The molecule has 1 aromatic heterocycles. The van der Waals surface area contributed by atoms with Crippen molar-refractivity contribution in [1.29, 1.82) is 0 Å². The topological polar surface area (TPSA) is 102 Å². The number of aliphatic carboxylic acids is 1. The molecule has 0 bridgehead atoms. The van der Waals surface area contributed by atoms with E-state index in [0.717, 1.165) is 16.7 Å². The van der Waals surface area contributed by atoms with E-state index in [-0.39, 0.29) is 12.0 Å². The van der Waals surface area contributed by atoms with Gasteiger partial charge in [0.1, 0.15) is 23.3 Å². The van der Waals surface area contributed by atoms with Gasteiger partial charge in [0.15, 0.2) is 5.76 Å². The number of carboxylic acid groups (broad SMARTS) is 1. The Morgan fingerprint density at radius 3 is 2.23 bits per heavy atom. The fourth-order valence-corrected chi connectivity index (χ4v) is 3.69. The Labute approximate surface area is 201 Å². The first-order chi connectivity index (χ1) is 16.8. The zero-order valence-corrected chi connectivity index (χ0v) is 19.1. The van der Waals surface area contributed by atoms with Gasteiger partial charge in [-0.05, 0) is 36.6 Å². The number of benzene rings is 3. The molecular formula is C27H23FN2O5. The molecule has 0 aliphatic carbocycles. The largest absolute Gasteiger partial charge is 0.481 e. The molecule has 0 saturated heterocycles. The molecule has 0 fully saturated rings.